The van der Waals surface area contributed by atoms with E-state index in [2.05, 4.69) is 10.3 Å². The van der Waals surface area contributed by atoms with E-state index in [0.717, 1.165) is 17.1 Å². The number of nitrogens with zero attached hydrogens (tertiary/aromatic N) is 2. The first-order valence-corrected chi connectivity index (χ1v) is 7.17. The maximum absolute atomic E-state index is 12.4. The molecule has 0 saturated heterocycles. The fraction of sp³-hybridized carbons (Fsp3) is 0.176. The summed E-state index contributed by atoms with van der Waals surface area (Å²) in [7, 11) is 0. The lowest BCUT2D eigenvalue weighted by molar-refractivity contribution is 0.102. The fourth-order valence-corrected chi connectivity index (χ4v) is 2.35. The molecule has 5 nitrogen and oxygen atoms in total. The van der Waals surface area contributed by atoms with Crippen molar-refractivity contribution in [3.8, 4) is 5.75 Å². The SMILES string of the molecule is CCOc1ccc(NC(=O)c2nc(C)n3ccccc23)cc1. The number of carbonyl (C=O) groups excluding carboxylic acids is 1. The monoisotopic (exact) mass is 295 g/mol. The summed E-state index contributed by atoms with van der Waals surface area (Å²) in [5.41, 5.74) is 1.93. The number of hydrogen-bond donors (Lipinski definition) is 1. The molecule has 22 heavy (non-hydrogen) atoms. The van der Waals surface area contributed by atoms with Gasteiger partial charge < -0.3 is 14.5 Å². The zero-order valence-corrected chi connectivity index (χ0v) is 12.5. The largest absolute Gasteiger partial charge is 0.494 e. The minimum atomic E-state index is -0.221. The Bertz CT molecular complexity index is 806. The number of aromatic nitrogens is 2. The number of benzene rings is 1. The van der Waals surface area contributed by atoms with Crippen LogP contribution < -0.4 is 10.1 Å². The van der Waals surface area contributed by atoms with E-state index in [-0.39, 0.29) is 5.91 Å². The Morgan fingerprint density at radius 3 is 2.73 bits per heavy atom. The Balaban J connectivity index is 1.84. The molecule has 3 aromatic rings. The van der Waals surface area contributed by atoms with Crippen molar-refractivity contribution in [1.29, 1.82) is 0 Å². The van der Waals surface area contributed by atoms with Crippen molar-refractivity contribution < 1.29 is 9.53 Å². The number of hydrogen-bond acceptors (Lipinski definition) is 3. The molecule has 0 atom stereocenters. The van der Waals surface area contributed by atoms with Crippen molar-refractivity contribution in [3.63, 3.8) is 0 Å². The number of carbonyl (C=O) groups is 1. The van der Waals surface area contributed by atoms with E-state index in [1.807, 2.05) is 66.9 Å². The number of nitrogens with one attached hydrogen (secondary N) is 1. The molecule has 112 valence electrons. The molecule has 1 amide bonds. The third-order valence-electron chi connectivity index (χ3n) is 3.36. The van der Waals surface area contributed by atoms with E-state index < -0.39 is 0 Å². The van der Waals surface area contributed by atoms with Crippen LogP contribution in [0.1, 0.15) is 23.2 Å². The van der Waals surface area contributed by atoms with Crippen molar-refractivity contribution >= 4 is 17.1 Å². The molecular formula is C17H17N3O2. The lowest BCUT2D eigenvalue weighted by Gasteiger charge is -2.06. The molecule has 1 N–H and O–H groups in total. The van der Waals surface area contributed by atoms with Gasteiger partial charge in [0.05, 0.1) is 12.1 Å². The summed E-state index contributed by atoms with van der Waals surface area (Å²) in [6.07, 6.45) is 1.89. The van der Waals surface area contributed by atoms with Crippen LogP contribution in [0.5, 0.6) is 5.75 Å². The Morgan fingerprint density at radius 2 is 2.00 bits per heavy atom. The third-order valence-corrected chi connectivity index (χ3v) is 3.36. The molecule has 0 aliphatic carbocycles. The van der Waals surface area contributed by atoms with E-state index in [4.69, 9.17) is 4.74 Å². The number of pyridine rings is 1. The normalized spacial score (nSPS) is 10.6. The van der Waals surface area contributed by atoms with Gasteiger partial charge in [-0.05, 0) is 50.2 Å². The summed E-state index contributed by atoms with van der Waals surface area (Å²) in [6.45, 7) is 4.42. The van der Waals surface area contributed by atoms with Gasteiger partial charge in [0.15, 0.2) is 5.69 Å². The van der Waals surface area contributed by atoms with Gasteiger partial charge in [-0.3, -0.25) is 4.79 Å². The van der Waals surface area contributed by atoms with Gasteiger partial charge in [-0.2, -0.15) is 0 Å². The highest BCUT2D eigenvalue weighted by atomic mass is 16.5. The Kier molecular flexibility index (Phi) is 3.78. The molecule has 3 rings (SSSR count). The maximum Gasteiger partial charge on any atom is 0.276 e. The van der Waals surface area contributed by atoms with Crippen LogP contribution in [-0.4, -0.2) is 21.9 Å². The Hall–Kier alpha value is -2.82. The number of amides is 1. The predicted octanol–water partition coefficient (Wildman–Crippen LogP) is 3.29. The van der Waals surface area contributed by atoms with Gasteiger partial charge in [-0.25, -0.2) is 4.98 Å². The molecule has 0 unspecified atom stereocenters. The van der Waals surface area contributed by atoms with Crippen molar-refractivity contribution in [2.24, 2.45) is 0 Å². The first-order chi connectivity index (χ1) is 10.7. The predicted molar refractivity (Wildman–Crippen MR) is 85.5 cm³/mol. The fourth-order valence-electron chi connectivity index (χ4n) is 2.35. The number of ether oxygens (including phenoxy) is 1. The summed E-state index contributed by atoms with van der Waals surface area (Å²) in [4.78, 5) is 16.8. The molecule has 0 spiro atoms. The second-order valence-corrected chi connectivity index (χ2v) is 4.88. The summed E-state index contributed by atoms with van der Waals surface area (Å²) in [5, 5.41) is 2.86. The van der Waals surface area contributed by atoms with Crippen molar-refractivity contribution in [2.75, 3.05) is 11.9 Å². The van der Waals surface area contributed by atoms with E-state index in [9.17, 15) is 4.79 Å². The van der Waals surface area contributed by atoms with Crippen LogP contribution in [-0.2, 0) is 0 Å². The minimum Gasteiger partial charge on any atom is -0.494 e. The quantitative estimate of drug-likeness (QED) is 0.803. The van der Waals surface area contributed by atoms with E-state index >= 15 is 0 Å². The van der Waals surface area contributed by atoms with Crippen LogP contribution in [0.15, 0.2) is 48.7 Å². The van der Waals surface area contributed by atoms with Crippen LogP contribution in [0.25, 0.3) is 5.52 Å². The summed E-state index contributed by atoms with van der Waals surface area (Å²) in [5.74, 6) is 1.34. The van der Waals surface area contributed by atoms with Crippen LogP contribution in [0.4, 0.5) is 5.69 Å². The van der Waals surface area contributed by atoms with Crippen molar-refractivity contribution in [1.82, 2.24) is 9.38 Å². The molecule has 0 bridgehead atoms. The number of fused-ring (bicyclic) bond motifs is 1. The molecule has 2 aromatic heterocycles. The van der Waals surface area contributed by atoms with Gasteiger partial charge in [-0.15, -0.1) is 0 Å². The van der Waals surface area contributed by atoms with Crippen molar-refractivity contribution in [2.45, 2.75) is 13.8 Å². The highest BCUT2D eigenvalue weighted by Gasteiger charge is 2.15. The van der Waals surface area contributed by atoms with E-state index in [0.29, 0.717) is 18.0 Å². The minimum absolute atomic E-state index is 0.221. The summed E-state index contributed by atoms with van der Waals surface area (Å²) in [6, 6.07) is 13.0. The topological polar surface area (TPSA) is 55.6 Å². The number of imidazole rings is 1. The smallest absolute Gasteiger partial charge is 0.276 e. The van der Waals surface area contributed by atoms with E-state index in [1.165, 1.54) is 0 Å². The molecular weight excluding hydrogens is 278 g/mol. The van der Waals surface area contributed by atoms with Crippen LogP contribution in [0, 0.1) is 6.92 Å². The molecule has 0 saturated carbocycles. The third kappa shape index (κ3) is 2.65. The highest BCUT2D eigenvalue weighted by molar-refractivity contribution is 6.07. The first-order valence-electron chi connectivity index (χ1n) is 7.17. The van der Waals surface area contributed by atoms with E-state index in [1.54, 1.807) is 0 Å². The first kappa shape index (κ1) is 14.1. The van der Waals surface area contributed by atoms with Gasteiger partial charge in [0.2, 0.25) is 0 Å². The molecule has 5 heteroatoms. The molecule has 0 aliphatic rings. The summed E-state index contributed by atoms with van der Waals surface area (Å²) >= 11 is 0. The van der Waals surface area contributed by atoms with Crippen LogP contribution in [0.2, 0.25) is 0 Å². The molecule has 0 fully saturated rings. The standard InChI is InChI=1S/C17H17N3O2/c1-3-22-14-9-7-13(8-10-14)19-17(21)16-15-6-4-5-11-20(15)12(2)18-16/h4-11H,3H2,1-2H3,(H,19,21). The number of rotatable bonds is 4. The molecule has 0 aliphatic heterocycles. The van der Waals surface area contributed by atoms with Crippen molar-refractivity contribution in [3.05, 3.63) is 60.2 Å². The second-order valence-electron chi connectivity index (χ2n) is 4.88. The lowest BCUT2D eigenvalue weighted by Crippen LogP contribution is -2.12. The van der Waals surface area contributed by atoms with Crippen LogP contribution in [0.3, 0.4) is 0 Å². The van der Waals surface area contributed by atoms with Gasteiger partial charge in [0, 0.05) is 11.9 Å². The second kappa shape index (κ2) is 5.89. The average molecular weight is 295 g/mol. The van der Waals surface area contributed by atoms with Crippen LogP contribution >= 0.6 is 0 Å². The Labute approximate surface area is 128 Å². The zero-order valence-electron chi connectivity index (χ0n) is 12.5. The molecule has 0 radical (unpaired) electrons. The average Bonchev–Trinajstić information content (AvgIpc) is 2.87. The number of anilines is 1. The Morgan fingerprint density at radius 1 is 1.23 bits per heavy atom. The van der Waals surface area contributed by atoms with Gasteiger partial charge in [-0.1, -0.05) is 6.07 Å². The highest BCUT2D eigenvalue weighted by Crippen LogP contribution is 2.18. The number of aryl methyl sites for hydroxylation is 1. The summed E-state index contributed by atoms with van der Waals surface area (Å²) < 4.78 is 7.28. The lowest BCUT2D eigenvalue weighted by atomic mass is 10.2. The van der Waals surface area contributed by atoms with Gasteiger partial charge in [0.25, 0.3) is 5.91 Å². The maximum atomic E-state index is 12.4. The molecule has 2 heterocycles. The molecule has 1 aromatic carbocycles. The van der Waals surface area contributed by atoms with Gasteiger partial charge in [0.1, 0.15) is 11.6 Å². The van der Waals surface area contributed by atoms with Gasteiger partial charge >= 0.3 is 0 Å². The zero-order chi connectivity index (χ0) is 15.5.